The zero-order valence-corrected chi connectivity index (χ0v) is 32.7. The van der Waals surface area contributed by atoms with Gasteiger partial charge in [-0.05, 0) is 88.4 Å². The Balaban J connectivity index is 5.02. The number of Topliss-reactive ketones (excluding diaryl/α,β-unsaturated/α-hetero) is 1. The number of carbonyl (C=O) groups excluding carboxylic acids is 3. The number of rotatable bonds is 32. The Bertz CT molecular complexity index is 896. The van der Waals surface area contributed by atoms with Crippen LogP contribution >= 0.6 is 0 Å². The highest BCUT2D eigenvalue weighted by atomic mass is 16.2. The first-order valence-corrected chi connectivity index (χ1v) is 19.7. The number of hydrogen-bond acceptors (Lipinski definition) is 5. The SMILES string of the molecule is C=C(CCCCC(C)C)NCCCCC(NC(=O)CCCCC(C)C)C(=O)NC(CCCCNC(=C)CCCCC(C)C)C(=O)C(C)C. The zero-order valence-electron chi connectivity index (χ0n) is 32.7. The average Bonchev–Trinajstić information content (AvgIpc) is 3.01. The second kappa shape index (κ2) is 28.5. The molecule has 0 aromatic carbocycles. The molecule has 2 amide bonds. The molecular formula is C41H78N4O3. The van der Waals surface area contributed by atoms with Crippen LogP contribution in [0.2, 0.25) is 0 Å². The van der Waals surface area contributed by atoms with Crippen molar-refractivity contribution in [3.63, 3.8) is 0 Å². The number of hydrogen-bond donors (Lipinski definition) is 4. The number of ketones is 1. The highest BCUT2D eigenvalue weighted by molar-refractivity contribution is 5.93. The molecule has 2 atom stereocenters. The molecule has 280 valence electrons. The van der Waals surface area contributed by atoms with Crippen molar-refractivity contribution in [1.82, 2.24) is 21.3 Å². The van der Waals surface area contributed by atoms with Crippen molar-refractivity contribution >= 4 is 17.6 Å². The van der Waals surface area contributed by atoms with Gasteiger partial charge in [-0.25, -0.2) is 0 Å². The molecule has 0 spiro atoms. The summed E-state index contributed by atoms with van der Waals surface area (Å²) in [6.45, 7) is 27.1. The van der Waals surface area contributed by atoms with Crippen LogP contribution in [0.15, 0.2) is 24.6 Å². The van der Waals surface area contributed by atoms with E-state index in [0.29, 0.717) is 25.2 Å². The van der Waals surface area contributed by atoms with E-state index in [0.717, 1.165) is 107 Å². The molecule has 4 N–H and O–H groups in total. The number of unbranched alkanes of at least 4 members (excludes halogenated alkanes) is 5. The molecule has 0 aliphatic heterocycles. The Hall–Kier alpha value is -2.31. The maximum absolute atomic E-state index is 13.6. The summed E-state index contributed by atoms with van der Waals surface area (Å²) < 4.78 is 0. The Morgan fingerprint density at radius 3 is 1.29 bits per heavy atom. The van der Waals surface area contributed by atoms with E-state index in [1.54, 1.807) is 0 Å². The highest BCUT2D eigenvalue weighted by Gasteiger charge is 2.27. The maximum atomic E-state index is 13.6. The Morgan fingerprint density at radius 2 is 0.875 bits per heavy atom. The normalized spacial score (nSPS) is 12.8. The van der Waals surface area contributed by atoms with Gasteiger partial charge >= 0.3 is 0 Å². The van der Waals surface area contributed by atoms with Crippen LogP contribution in [-0.2, 0) is 14.4 Å². The van der Waals surface area contributed by atoms with Crippen LogP contribution in [0.3, 0.4) is 0 Å². The van der Waals surface area contributed by atoms with Crippen molar-refractivity contribution in [2.24, 2.45) is 23.7 Å². The lowest BCUT2D eigenvalue weighted by Gasteiger charge is -2.24. The van der Waals surface area contributed by atoms with Crippen LogP contribution in [0, 0.1) is 23.7 Å². The molecule has 0 heterocycles. The largest absolute Gasteiger partial charge is 0.389 e. The molecule has 0 rings (SSSR count). The van der Waals surface area contributed by atoms with Crippen molar-refractivity contribution in [1.29, 1.82) is 0 Å². The number of carbonyl (C=O) groups is 3. The standard InChI is InChI=1S/C41H78N4O3/c1-31(2)21-11-14-24-35(9)42-29-19-17-26-37(40(47)34(7)8)45-41(48)38(44-39(46)28-16-13-23-33(5)6)27-18-20-30-43-36(10)25-15-12-22-32(3)4/h31-34,37-38,42-43H,9-30H2,1-8H3,(H,44,46)(H,45,48). The lowest BCUT2D eigenvalue weighted by Crippen LogP contribution is -2.52. The van der Waals surface area contributed by atoms with Gasteiger partial charge in [0.1, 0.15) is 6.04 Å². The summed E-state index contributed by atoms with van der Waals surface area (Å²) in [7, 11) is 0. The third kappa shape index (κ3) is 26.6. The van der Waals surface area contributed by atoms with E-state index in [1.807, 2.05) is 13.8 Å². The molecule has 0 aromatic rings. The predicted molar refractivity (Wildman–Crippen MR) is 206 cm³/mol. The van der Waals surface area contributed by atoms with Gasteiger partial charge in [0, 0.05) is 36.8 Å². The summed E-state index contributed by atoms with van der Waals surface area (Å²) in [6.07, 6.45) is 17.0. The third-order valence-corrected chi connectivity index (χ3v) is 8.93. The van der Waals surface area contributed by atoms with Crippen LogP contribution in [0.1, 0.15) is 171 Å². The van der Waals surface area contributed by atoms with Gasteiger partial charge in [0.2, 0.25) is 11.8 Å². The fraction of sp³-hybridized carbons (Fsp3) is 0.829. The van der Waals surface area contributed by atoms with Gasteiger partial charge in [0.15, 0.2) is 5.78 Å². The van der Waals surface area contributed by atoms with E-state index in [1.165, 1.54) is 25.7 Å². The van der Waals surface area contributed by atoms with Crippen LogP contribution < -0.4 is 21.3 Å². The summed E-state index contributed by atoms with van der Waals surface area (Å²) in [6, 6.07) is -1.20. The first-order valence-electron chi connectivity index (χ1n) is 19.7. The lowest BCUT2D eigenvalue weighted by atomic mass is 9.96. The van der Waals surface area contributed by atoms with Crippen molar-refractivity contribution < 1.29 is 14.4 Å². The van der Waals surface area contributed by atoms with Gasteiger partial charge in [-0.2, -0.15) is 0 Å². The summed E-state index contributed by atoms with van der Waals surface area (Å²) in [5.74, 6) is 1.60. The molecule has 0 saturated carbocycles. The monoisotopic (exact) mass is 675 g/mol. The molecular weight excluding hydrogens is 596 g/mol. The molecule has 0 fully saturated rings. The van der Waals surface area contributed by atoms with Crippen LogP contribution in [0.4, 0.5) is 0 Å². The quantitative estimate of drug-likeness (QED) is 0.0533. The summed E-state index contributed by atoms with van der Waals surface area (Å²) in [5, 5.41) is 12.9. The van der Waals surface area contributed by atoms with Gasteiger partial charge in [-0.3, -0.25) is 14.4 Å². The van der Waals surface area contributed by atoms with E-state index in [2.05, 4.69) is 76.0 Å². The molecule has 7 nitrogen and oxygen atoms in total. The number of allylic oxidation sites excluding steroid dienone is 2. The first kappa shape index (κ1) is 45.7. The molecule has 0 saturated heterocycles. The summed E-state index contributed by atoms with van der Waals surface area (Å²) in [5.41, 5.74) is 2.14. The second-order valence-electron chi connectivity index (χ2n) is 15.7. The van der Waals surface area contributed by atoms with Crippen LogP contribution in [0.25, 0.3) is 0 Å². The fourth-order valence-electron chi connectivity index (χ4n) is 5.77. The smallest absolute Gasteiger partial charge is 0.243 e. The maximum Gasteiger partial charge on any atom is 0.243 e. The second-order valence-corrected chi connectivity index (χ2v) is 15.7. The van der Waals surface area contributed by atoms with E-state index < -0.39 is 12.1 Å². The van der Waals surface area contributed by atoms with Gasteiger partial charge in [-0.15, -0.1) is 0 Å². The minimum Gasteiger partial charge on any atom is -0.389 e. The van der Waals surface area contributed by atoms with Gasteiger partial charge in [0.25, 0.3) is 0 Å². The van der Waals surface area contributed by atoms with Gasteiger partial charge in [-0.1, -0.05) is 107 Å². The van der Waals surface area contributed by atoms with Crippen LogP contribution in [-0.4, -0.2) is 42.8 Å². The minimum absolute atomic E-state index is 0.0424. The Morgan fingerprint density at radius 1 is 0.479 bits per heavy atom. The molecule has 48 heavy (non-hydrogen) atoms. The molecule has 2 unspecified atom stereocenters. The van der Waals surface area contributed by atoms with Crippen molar-refractivity contribution in [3.05, 3.63) is 24.6 Å². The summed E-state index contributed by atoms with van der Waals surface area (Å²) in [4.78, 5) is 39.7. The van der Waals surface area contributed by atoms with E-state index >= 15 is 0 Å². The molecule has 7 heteroatoms. The first-order chi connectivity index (χ1) is 22.7. The van der Waals surface area contributed by atoms with Crippen molar-refractivity contribution in [3.8, 4) is 0 Å². The van der Waals surface area contributed by atoms with E-state index in [9.17, 15) is 14.4 Å². The molecule has 0 aliphatic rings. The molecule has 0 aliphatic carbocycles. The van der Waals surface area contributed by atoms with Crippen LogP contribution in [0.5, 0.6) is 0 Å². The van der Waals surface area contributed by atoms with E-state index in [-0.39, 0.29) is 23.5 Å². The highest BCUT2D eigenvalue weighted by Crippen LogP contribution is 2.14. The minimum atomic E-state index is -0.648. The number of nitrogens with one attached hydrogen (secondary N) is 4. The molecule has 0 aromatic heterocycles. The topological polar surface area (TPSA) is 99.3 Å². The predicted octanol–water partition coefficient (Wildman–Crippen LogP) is 9.38. The van der Waals surface area contributed by atoms with Crippen molar-refractivity contribution in [2.75, 3.05) is 13.1 Å². The summed E-state index contributed by atoms with van der Waals surface area (Å²) >= 11 is 0. The van der Waals surface area contributed by atoms with Crippen molar-refractivity contribution in [2.45, 2.75) is 183 Å². The number of amides is 2. The molecule has 0 radical (unpaired) electrons. The van der Waals surface area contributed by atoms with Gasteiger partial charge in [0.05, 0.1) is 6.04 Å². The van der Waals surface area contributed by atoms with Gasteiger partial charge < -0.3 is 21.3 Å². The fourth-order valence-corrected chi connectivity index (χ4v) is 5.77. The third-order valence-electron chi connectivity index (χ3n) is 8.93. The zero-order chi connectivity index (χ0) is 36.3. The average molecular weight is 675 g/mol. The Kier molecular flexibility index (Phi) is 27.1. The lowest BCUT2D eigenvalue weighted by molar-refractivity contribution is -0.132. The van der Waals surface area contributed by atoms with E-state index in [4.69, 9.17) is 0 Å². The molecule has 0 bridgehead atoms. The Labute approximate surface area is 297 Å².